The third-order valence-electron chi connectivity index (χ3n) is 4.30. The first-order chi connectivity index (χ1) is 9.04. The highest BCUT2D eigenvalue weighted by atomic mass is 16.3. The molecule has 104 valence electrons. The normalized spacial score (nSPS) is 25.5. The van der Waals surface area contributed by atoms with Crippen molar-refractivity contribution in [3.63, 3.8) is 0 Å². The van der Waals surface area contributed by atoms with Gasteiger partial charge in [-0.15, -0.1) is 0 Å². The van der Waals surface area contributed by atoms with Crippen LogP contribution < -0.4 is 5.73 Å². The van der Waals surface area contributed by atoms with Crippen LogP contribution >= 0.6 is 0 Å². The fraction of sp³-hybridized carbons (Fsp3) is 0.533. The highest BCUT2D eigenvalue weighted by Gasteiger charge is 2.60. The molecule has 2 unspecified atom stereocenters. The lowest BCUT2D eigenvalue weighted by atomic mass is 9.92. The van der Waals surface area contributed by atoms with E-state index in [4.69, 9.17) is 5.73 Å². The SMILES string of the molecule is CCN(CC)CC1CC1(C(N)=O)c1ccc(O)cc1. The summed E-state index contributed by atoms with van der Waals surface area (Å²) in [4.78, 5) is 14.2. The van der Waals surface area contributed by atoms with Gasteiger partial charge < -0.3 is 15.7 Å². The minimum absolute atomic E-state index is 0.212. The second-order valence-corrected chi connectivity index (χ2v) is 5.27. The number of aromatic hydroxyl groups is 1. The Hall–Kier alpha value is -1.55. The minimum atomic E-state index is -0.531. The van der Waals surface area contributed by atoms with Crippen LogP contribution in [0.15, 0.2) is 24.3 Å². The molecule has 2 rings (SSSR count). The van der Waals surface area contributed by atoms with Gasteiger partial charge in [0.05, 0.1) is 5.41 Å². The molecule has 1 aromatic carbocycles. The van der Waals surface area contributed by atoms with E-state index in [1.807, 2.05) is 12.1 Å². The molecule has 4 heteroatoms. The molecule has 1 saturated carbocycles. The van der Waals surface area contributed by atoms with Crippen molar-refractivity contribution in [1.82, 2.24) is 4.90 Å². The van der Waals surface area contributed by atoms with Crippen molar-refractivity contribution in [1.29, 1.82) is 0 Å². The Bertz CT molecular complexity index is 454. The second kappa shape index (κ2) is 5.21. The quantitative estimate of drug-likeness (QED) is 0.816. The molecule has 4 nitrogen and oxygen atoms in total. The number of benzene rings is 1. The molecule has 1 amide bonds. The van der Waals surface area contributed by atoms with Gasteiger partial charge in [-0.1, -0.05) is 26.0 Å². The Kier molecular flexibility index (Phi) is 3.80. The summed E-state index contributed by atoms with van der Waals surface area (Å²) in [6, 6.07) is 6.85. The number of phenols is 1. The summed E-state index contributed by atoms with van der Waals surface area (Å²) < 4.78 is 0. The first kappa shape index (κ1) is 13.9. The van der Waals surface area contributed by atoms with Gasteiger partial charge in [-0.05, 0) is 43.1 Å². The summed E-state index contributed by atoms with van der Waals surface area (Å²) in [6.45, 7) is 7.11. The number of rotatable bonds is 6. The van der Waals surface area contributed by atoms with Crippen LogP contribution in [0, 0.1) is 5.92 Å². The van der Waals surface area contributed by atoms with E-state index in [-0.39, 0.29) is 17.6 Å². The molecule has 1 aromatic rings. The first-order valence-corrected chi connectivity index (χ1v) is 6.86. The number of nitrogens with two attached hydrogens (primary N) is 1. The van der Waals surface area contributed by atoms with Gasteiger partial charge in [0.15, 0.2) is 0 Å². The maximum Gasteiger partial charge on any atom is 0.228 e. The molecule has 2 atom stereocenters. The summed E-state index contributed by atoms with van der Waals surface area (Å²) in [5.74, 6) is 0.245. The fourth-order valence-electron chi connectivity index (χ4n) is 2.90. The summed E-state index contributed by atoms with van der Waals surface area (Å²) in [5.41, 5.74) is 6.03. The van der Waals surface area contributed by atoms with E-state index in [1.54, 1.807) is 12.1 Å². The van der Waals surface area contributed by atoms with Gasteiger partial charge >= 0.3 is 0 Å². The molecule has 0 bridgehead atoms. The molecule has 0 saturated heterocycles. The zero-order chi connectivity index (χ0) is 14.0. The van der Waals surface area contributed by atoms with E-state index in [0.717, 1.165) is 31.6 Å². The summed E-state index contributed by atoms with van der Waals surface area (Å²) >= 11 is 0. The number of amides is 1. The van der Waals surface area contributed by atoms with E-state index in [0.29, 0.717) is 0 Å². The van der Waals surface area contributed by atoms with Crippen molar-refractivity contribution < 1.29 is 9.90 Å². The molecular weight excluding hydrogens is 240 g/mol. The van der Waals surface area contributed by atoms with Crippen LogP contribution in [0.4, 0.5) is 0 Å². The predicted molar refractivity (Wildman–Crippen MR) is 74.9 cm³/mol. The highest BCUT2D eigenvalue weighted by Crippen LogP contribution is 2.54. The van der Waals surface area contributed by atoms with E-state index < -0.39 is 5.41 Å². The van der Waals surface area contributed by atoms with Crippen molar-refractivity contribution in [2.75, 3.05) is 19.6 Å². The largest absolute Gasteiger partial charge is 0.508 e. The van der Waals surface area contributed by atoms with Crippen LogP contribution in [0.1, 0.15) is 25.8 Å². The molecule has 1 fully saturated rings. The Morgan fingerprint density at radius 3 is 2.42 bits per heavy atom. The molecule has 1 aliphatic rings. The van der Waals surface area contributed by atoms with Gasteiger partial charge in [-0.2, -0.15) is 0 Å². The Balaban J connectivity index is 2.19. The van der Waals surface area contributed by atoms with Gasteiger partial charge in [-0.25, -0.2) is 0 Å². The zero-order valence-corrected chi connectivity index (χ0v) is 11.6. The van der Waals surface area contributed by atoms with Crippen molar-refractivity contribution in [3.05, 3.63) is 29.8 Å². The molecule has 0 heterocycles. The zero-order valence-electron chi connectivity index (χ0n) is 11.6. The van der Waals surface area contributed by atoms with E-state index >= 15 is 0 Å². The van der Waals surface area contributed by atoms with Crippen LogP contribution in [0.3, 0.4) is 0 Å². The summed E-state index contributed by atoms with van der Waals surface area (Å²) in [5, 5.41) is 9.34. The molecule has 1 aliphatic carbocycles. The van der Waals surface area contributed by atoms with Gasteiger partial charge in [0.1, 0.15) is 5.75 Å². The number of hydrogen-bond donors (Lipinski definition) is 2. The van der Waals surface area contributed by atoms with Crippen LogP contribution in [0.2, 0.25) is 0 Å². The molecule has 3 N–H and O–H groups in total. The van der Waals surface area contributed by atoms with Crippen LogP contribution in [0.5, 0.6) is 5.75 Å². The monoisotopic (exact) mass is 262 g/mol. The number of nitrogens with zero attached hydrogens (tertiary/aromatic N) is 1. The third kappa shape index (κ3) is 2.45. The number of hydrogen-bond acceptors (Lipinski definition) is 3. The smallest absolute Gasteiger partial charge is 0.228 e. The maximum atomic E-state index is 11.9. The lowest BCUT2D eigenvalue weighted by Gasteiger charge is -2.21. The molecule has 0 radical (unpaired) electrons. The number of phenolic OH excluding ortho intramolecular Hbond substituents is 1. The summed E-state index contributed by atoms with van der Waals surface area (Å²) in [6.07, 6.45) is 0.809. The third-order valence-corrected chi connectivity index (χ3v) is 4.30. The molecule has 0 aromatic heterocycles. The van der Waals surface area contributed by atoms with Crippen LogP contribution in [-0.4, -0.2) is 35.5 Å². The first-order valence-electron chi connectivity index (χ1n) is 6.86. The molecule has 0 spiro atoms. The van der Waals surface area contributed by atoms with Gasteiger partial charge in [-0.3, -0.25) is 4.79 Å². The fourth-order valence-corrected chi connectivity index (χ4v) is 2.90. The topological polar surface area (TPSA) is 66.6 Å². The van der Waals surface area contributed by atoms with Crippen LogP contribution in [-0.2, 0) is 10.2 Å². The van der Waals surface area contributed by atoms with Crippen molar-refractivity contribution in [2.24, 2.45) is 11.7 Å². The van der Waals surface area contributed by atoms with Crippen molar-refractivity contribution in [2.45, 2.75) is 25.7 Å². The predicted octanol–water partition coefficient (Wildman–Crippen LogP) is 1.48. The minimum Gasteiger partial charge on any atom is -0.508 e. The lowest BCUT2D eigenvalue weighted by Crippen LogP contribution is -2.34. The Labute approximate surface area is 114 Å². The molecule has 0 aliphatic heterocycles. The maximum absolute atomic E-state index is 11.9. The molecule has 19 heavy (non-hydrogen) atoms. The van der Waals surface area contributed by atoms with Crippen LogP contribution in [0.25, 0.3) is 0 Å². The number of primary amides is 1. The summed E-state index contributed by atoms with van der Waals surface area (Å²) in [7, 11) is 0. The van der Waals surface area contributed by atoms with E-state index in [9.17, 15) is 9.90 Å². The van der Waals surface area contributed by atoms with E-state index in [2.05, 4.69) is 18.7 Å². The lowest BCUT2D eigenvalue weighted by molar-refractivity contribution is -0.120. The average Bonchev–Trinajstić information content (AvgIpc) is 3.12. The van der Waals surface area contributed by atoms with Crippen molar-refractivity contribution >= 4 is 5.91 Å². The highest BCUT2D eigenvalue weighted by molar-refractivity contribution is 5.90. The van der Waals surface area contributed by atoms with Gasteiger partial charge in [0, 0.05) is 6.54 Å². The number of carbonyl (C=O) groups excluding carboxylic acids is 1. The number of carbonyl (C=O) groups is 1. The van der Waals surface area contributed by atoms with Gasteiger partial charge in [0.2, 0.25) is 5.91 Å². The Morgan fingerprint density at radius 1 is 1.37 bits per heavy atom. The molecular formula is C15H22N2O2. The van der Waals surface area contributed by atoms with Crippen molar-refractivity contribution in [3.8, 4) is 5.75 Å². The van der Waals surface area contributed by atoms with Gasteiger partial charge in [0.25, 0.3) is 0 Å². The standard InChI is InChI=1S/C15H22N2O2/c1-3-17(4-2)10-12-9-15(12,14(16)19)11-5-7-13(18)8-6-11/h5-8,12,18H,3-4,9-10H2,1-2H3,(H2,16,19). The average molecular weight is 262 g/mol. The Morgan fingerprint density at radius 2 is 1.95 bits per heavy atom. The van der Waals surface area contributed by atoms with E-state index in [1.165, 1.54) is 0 Å². The second-order valence-electron chi connectivity index (χ2n) is 5.27.